The third kappa shape index (κ3) is 9.15. The fraction of sp³-hybridized carbons (Fsp3) is 0. The second kappa shape index (κ2) is 21.3. The topological polar surface area (TPSA) is 77.4 Å². The summed E-state index contributed by atoms with van der Waals surface area (Å²) in [7, 11) is -10.3. The molecule has 315 valence electrons. The van der Waals surface area contributed by atoms with Gasteiger partial charge in [-0.25, -0.2) is 0 Å². The Hall–Kier alpha value is -6.40. The molecule has 0 aliphatic rings. The van der Waals surface area contributed by atoms with Gasteiger partial charge in [-0.05, 0) is 0 Å². The van der Waals surface area contributed by atoms with Crippen molar-refractivity contribution in [3.05, 3.63) is 278 Å². The monoisotopic (exact) mass is 970 g/mol. The summed E-state index contributed by atoms with van der Waals surface area (Å²) in [6.07, 6.45) is 0. The fourth-order valence-corrected chi connectivity index (χ4v) is 32.3. The molecule has 9 aromatic rings. The zero-order chi connectivity index (χ0) is 43.9. The van der Waals surface area contributed by atoms with Gasteiger partial charge in [-0.3, -0.25) is 0 Å². The summed E-state index contributed by atoms with van der Waals surface area (Å²) in [6.45, 7) is 0. The van der Waals surface area contributed by atoms with Crippen LogP contribution in [0, 0.1) is 4.91 Å². The predicted molar refractivity (Wildman–Crippen MR) is 263 cm³/mol. The summed E-state index contributed by atoms with van der Waals surface area (Å²) >= 11 is -3.96. The first-order valence-corrected chi connectivity index (χ1v) is 29.1. The molecular formula is C54H46MoNO5Si3. The van der Waals surface area contributed by atoms with Crippen molar-refractivity contribution < 1.29 is 32.9 Å². The maximum atomic E-state index is 8.37. The third-order valence-corrected chi connectivity index (χ3v) is 31.2. The minimum absolute atomic E-state index is 1.13. The number of hydrogen-bond acceptors (Lipinski definition) is 5. The van der Waals surface area contributed by atoms with Crippen molar-refractivity contribution in [1.82, 2.24) is 0 Å². The van der Waals surface area contributed by atoms with Gasteiger partial charge in [-0.1, -0.05) is 0 Å². The van der Waals surface area contributed by atoms with Crippen LogP contribution in [0.4, 0.5) is 0 Å². The van der Waals surface area contributed by atoms with Gasteiger partial charge in [-0.15, -0.1) is 4.91 Å². The van der Waals surface area contributed by atoms with Crippen LogP contribution in [0.2, 0.25) is 0 Å². The molecule has 0 bridgehead atoms. The van der Waals surface area contributed by atoms with Crippen molar-refractivity contribution in [2.75, 3.05) is 0 Å². The summed E-state index contributed by atoms with van der Waals surface area (Å²) in [5, 5.41) is 18.0. The van der Waals surface area contributed by atoms with Crippen LogP contribution in [0.3, 0.4) is 0 Å². The van der Waals surface area contributed by atoms with Crippen molar-refractivity contribution in [2.45, 2.75) is 0 Å². The minimum atomic E-state index is -3.96. The van der Waals surface area contributed by atoms with Gasteiger partial charge < -0.3 is 5.21 Å². The maximum absolute atomic E-state index is 8.37. The summed E-state index contributed by atoms with van der Waals surface area (Å²) < 4.78 is 25.1. The van der Waals surface area contributed by atoms with Crippen molar-refractivity contribution in [3.63, 3.8) is 0 Å². The van der Waals surface area contributed by atoms with Crippen LogP contribution >= 0.6 is 0 Å². The Kier molecular flexibility index (Phi) is 14.7. The molecule has 0 amide bonds. The van der Waals surface area contributed by atoms with E-state index in [4.69, 9.17) is 19.4 Å². The molecular weight excluding hydrogens is 923 g/mol. The van der Waals surface area contributed by atoms with E-state index in [1.165, 1.54) is 5.34 Å². The quantitative estimate of drug-likeness (QED) is 0.0547. The van der Waals surface area contributed by atoms with Crippen molar-refractivity contribution in [1.29, 1.82) is 0 Å². The zero-order valence-corrected chi connectivity index (χ0v) is 39.9. The van der Waals surface area contributed by atoms with Crippen LogP contribution in [0.25, 0.3) is 0 Å². The van der Waals surface area contributed by atoms with Crippen LogP contribution in [0.5, 0.6) is 0 Å². The molecule has 0 saturated carbocycles. The molecule has 0 aliphatic heterocycles. The molecule has 0 heterocycles. The molecule has 9 aromatic carbocycles. The second-order valence-corrected chi connectivity index (χ2v) is 29.3. The van der Waals surface area contributed by atoms with Crippen molar-refractivity contribution >= 4 is 71.6 Å². The van der Waals surface area contributed by atoms with Gasteiger partial charge in [-0.2, -0.15) is 0 Å². The Morgan fingerprint density at radius 2 is 0.375 bits per heavy atom. The van der Waals surface area contributed by atoms with E-state index in [0.717, 1.165) is 46.7 Å². The van der Waals surface area contributed by atoms with E-state index in [-0.39, 0.29) is 0 Å². The van der Waals surface area contributed by atoms with E-state index in [1.807, 2.05) is 0 Å². The Morgan fingerprint density at radius 1 is 0.266 bits per heavy atom. The third-order valence-electron chi connectivity index (χ3n) is 11.2. The van der Waals surface area contributed by atoms with Gasteiger partial charge >= 0.3 is 372 Å². The fourth-order valence-electron chi connectivity index (χ4n) is 8.35. The van der Waals surface area contributed by atoms with E-state index >= 15 is 0 Å². The number of hydrogen-bond donors (Lipinski definition) is 1. The molecule has 0 atom stereocenters. The summed E-state index contributed by atoms with van der Waals surface area (Å²) in [5.74, 6) is 0. The Morgan fingerprint density at radius 3 is 0.484 bits per heavy atom. The van der Waals surface area contributed by atoms with Gasteiger partial charge in [0.2, 0.25) is 0 Å². The molecule has 1 N–H and O–H groups in total. The number of rotatable bonds is 15. The van der Waals surface area contributed by atoms with Crippen LogP contribution in [-0.2, 0) is 27.7 Å². The Labute approximate surface area is 385 Å². The summed E-state index contributed by atoms with van der Waals surface area (Å²) in [6, 6.07) is 97.2. The molecule has 0 unspecified atom stereocenters. The summed E-state index contributed by atoms with van der Waals surface area (Å²) in [5.41, 5.74) is 0. The van der Waals surface area contributed by atoms with Crippen LogP contribution in [-0.4, -0.2) is 30.2 Å². The van der Waals surface area contributed by atoms with Gasteiger partial charge in [0.15, 0.2) is 5.34 Å². The molecule has 0 saturated heterocycles. The summed E-state index contributed by atoms with van der Waals surface area (Å²) in [4.78, 5) is 8.11. The first-order valence-electron chi connectivity index (χ1n) is 20.9. The molecule has 0 spiro atoms. The average molecular weight is 969 g/mol. The first-order chi connectivity index (χ1) is 31.6. The number of nitrogens with zero attached hydrogens (tertiary/aromatic N) is 1. The Bertz CT molecular complexity index is 2180. The Balaban J connectivity index is 0.00000182. The normalized spacial score (nSPS) is 11.6. The van der Waals surface area contributed by atoms with E-state index in [1.54, 1.807) is 0 Å². The van der Waals surface area contributed by atoms with Gasteiger partial charge in [0.25, 0.3) is 0 Å². The van der Waals surface area contributed by atoms with Gasteiger partial charge in [0.05, 0.1) is 0 Å². The van der Waals surface area contributed by atoms with Gasteiger partial charge in [0.1, 0.15) is 0 Å². The van der Waals surface area contributed by atoms with Crippen molar-refractivity contribution in [2.24, 2.45) is 5.34 Å². The molecule has 0 aliphatic carbocycles. The van der Waals surface area contributed by atoms with Crippen LogP contribution < -0.4 is 46.7 Å². The second-order valence-electron chi connectivity index (χ2n) is 14.9. The van der Waals surface area contributed by atoms with E-state index in [0.29, 0.717) is 0 Å². The van der Waals surface area contributed by atoms with Gasteiger partial charge in [0, 0.05) is 0 Å². The molecule has 6 nitrogen and oxygen atoms in total. The molecule has 0 fully saturated rings. The standard InChI is InChI=1S/3C18H15OSi.Mo.HNO2/c3*19-20(16-10-4-1-5-11-16,17-12-6-2-7-13-17)18-14-8-3-9-15-18;;2-1-3/h3*1-15H;;(H,2,3)/q3*-1;+3;. The molecule has 10 heteroatoms. The van der Waals surface area contributed by atoms with E-state index in [2.05, 4.69) is 273 Å². The SMILES string of the molecule is O=NO.c1ccc([Si]([O][Mo]([O][Si](c2ccccc2)(c2ccccc2)c2ccccc2)[O][Si](c2ccccc2)(c2ccccc2)c2ccccc2)(c2ccccc2)c2ccccc2)cc1. The molecule has 9 rings (SSSR count). The van der Waals surface area contributed by atoms with E-state index < -0.39 is 43.4 Å². The van der Waals surface area contributed by atoms with E-state index in [9.17, 15) is 0 Å². The first kappa shape index (κ1) is 44.2. The predicted octanol–water partition coefficient (Wildman–Crippen LogP) is 6.54. The molecule has 0 aromatic heterocycles. The number of benzene rings is 9. The van der Waals surface area contributed by atoms with Crippen LogP contribution in [0.15, 0.2) is 278 Å². The van der Waals surface area contributed by atoms with Crippen LogP contribution in [0.1, 0.15) is 0 Å². The molecule has 64 heavy (non-hydrogen) atoms. The zero-order valence-electron chi connectivity index (χ0n) is 34.9. The van der Waals surface area contributed by atoms with Crippen molar-refractivity contribution in [3.8, 4) is 0 Å². The molecule has 0 radical (unpaired) electrons. The average Bonchev–Trinajstić information content (AvgIpc) is 3.39.